The molecule has 0 aliphatic heterocycles. The van der Waals surface area contributed by atoms with E-state index in [1.54, 1.807) is 6.92 Å². The molecule has 0 unspecified atom stereocenters. The van der Waals surface area contributed by atoms with Crippen LogP contribution in [0.15, 0.2) is 12.1 Å². The van der Waals surface area contributed by atoms with Crippen LogP contribution in [0.2, 0.25) is 5.02 Å². The predicted octanol–water partition coefficient (Wildman–Crippen LogP) is 3.52. The van der Waals surface area contributed by atoms with E-state index >= 15 is 0 Å². The Kier molecular flexibility index (Phi) is 4.18. The van der Waals surface area contributed by atoms with Crippen LogP contribution in [0.25, 0.3) is 0 Å². The van der Waals surface area contributed by atoms with Crippen molar-refractivity contribution in [1.29, 1.82) is 0 Å². The highest BCUT2D eigenvalue weighted by Crippen LogP contribution is 2.31. The standard InChI is InChI=1S/C14H17ClN4O2/c1-8-5-11(19(20)21)6-13(15)14(8)16-7-12-9(2)17-18(4)10(12)3/h5-6,16H,7H2,1-4H3. The summed E-state index contributed by atoms with van der Waals surface area (Å²) in [4.78, 5) is 10.4. The summed E-state index contributed by atoms with van der Waals surface area (Å²) in [6.45, 7) is 6.32. The number of anilines is 1. The van der Waals surface area contributed by atoms with E-state index in [1.807, 2.05) is 25.6 Å². The van der Waals surface area contributed by atoms with Gasteiger partial charge in [-0.25, -0.2) is 0 Å². The van der Waals surface area contributed by atoms with Crippen LogP contribution >= 0.6 is 11.6 Å². The lowest BCUT2D eigenvalue weighted by molar-refractivity contribution is -0.384. The molecule has 0 aliphatic rings. The molecule has 0 radical (unpaired) electrons. The van der Waals surface area contributed by atoms with Gasteiger partial charge < -0.3 is 5.32 Å². The highest BCUT2D eigenvalue weighted by Gasteiger charge is 2.15. The van der Waals surface area contributed by atoms with Crippen molar-refractivity contribution in [1.82, 2.24) is 9.78 Å². The average Bonchev–Trinajstić information content (AvgIpc) is 2.63. The quantitative estimate of drug-likeness (QED) is 0.693. The molecule has 6 nitrogen and oxygen atoms in total. The van der Waals surface area contributed by atoms with Gasteiger partial charge in [0.05, 0.1) is 21.3 Å². The van der Waals surface area contributed by atoms with E-state index < -0.39 is 4.92 Å². The molecular weight excluding hydrogens is 292 g/mol. The van der Waals surface area contributed by atoms with Gasteiger partial charge in [0.15, 0.2) is 0 Å². The van der Waals surface area contributed by atoms with Gasteiger partial charge in [0.25, 0.3) is 5.69 Å². The van der Waals surface area contributed by atoms with Crippen LogP contribution in [0.3, 0.4) is 0 Å². The van der Waals surface area contributed by atoms with Gasteiger partial charge in [-0.3, -0.25) is 14.8 Å². The molecule has 2 aromatic rings. The van der Waals surface area contributed by atoms with E-state index in [0.29, 0.717) is 17.3 Å². The van der Waals surface area contributed by atoms with Crippen LogP contribution in [0.5, 0.6) is 0 Å². The lowest BCUT2D eigenvalue weighted by atomic mass is 10.1. The maximum Gasteiger partial charge on any atom is 0.271 e. The van der Waals surface area contributed by atoms with Crippen LogP contribution in [-0.4, -0.2) is 14.7 Å². The molecule has 0 spiro atoms. The predicted molar refractivity (Wildman–Crippen MR) is 82.9 cm³/mol. The van der Waals surface area contributed by atoms with Gasteiger partial charge >= 0.3 is 0 Å². The molecule has 1 N–H and O–H groups in total. The second kappa shape index (κ2) is 5.73. The molecule has 1 aromatic heterocycles. The summed E-state index contributed by atoms with van der Waals surface area (Å²) in [7, 11) is 1.90. The number of nitrogens with one attached hydrogen (secondary N) is 1. The third-order valence-electron chi connectivity index (χ3n) is 3.58. The molecular formula is C14H17ClN4O2. The molecule has 2 rings (SSSR count). The number of nitrogens with zero attached hydrogens (tertiary/aromatic N) is 3. The van der Waals surface area contributed by atoms with Gasteiger partial charge in [-0.2, -0.15) is 5.10 Å². The monoisotopic (exact) mass is 308 g/mol. The Balaban J connectivity index is 2.26. The fourth-order valence-electron chi connectivity index (χ4n) is 2.31. The summed E-state index contributed by atoms with van der Waals surface area (Å²) in [5, 5.41) is 18.8. The summed E-state index contributed by atoms with van der Waals surface area (Å²) in [5.74, 6) is 0. The first-order valence-corrected chi connectivity index (χ1v) is 6.86. The minimum Gasteiger partial charge on any atom is -0.379 e. The van der Waals surface area contributed by atoms with E-state index in [0.717, 1.165) is 22.5 Å². The zero-order valence-corrected chi connectivity index (χ0v) is 13.2. The zero-order chi connectivity index (χ0) is 15.7. The number of aryl methyl sites for hydroxylation is 3. The van der Waals surface area contributed by atoms with Crippen molar-refractivity contribution in [3.05, 3.63) is 49.8 Å². The van der Waals surface area contributed by atoms with Gasteiger partial charge in [0.1, 0.15) is 0 Å². The largest absolute Gasteiger partial charge is 0.379 e. The Bertz CT molecular complexity index is 686. The van der Waals surface area contributed by atoms with E-state index in [4.69, 9.17) is 11.6 Å². The highest BCUT2D eigenvalue weighted by atomic mass is 35.5. The Morgan fingerprint density at radius 2 is 2.05 bits per heavy atom. The third kappa shape index (κ3) is 3.00. The van der Waals surface area contributed by atoms with Crippen molar-refractivity contribution in [3.8, 4) is 0 Å². The summed E-state index contributed by atoms with van der Waals surface area (Å²) >= 11 is 6.14. The maximum atomic E-state index is 10.8. The second-order valence-electron chi connectivity index (χ2n) is 5.00. The molecule has 0 aliphatic carbocycles. The molecule has 0 bridgehead atoms. The summed E-state index contributed by atoms with van der Waals surface area (Å²) in [6, 6.07) is 2.87. The summed E-state index contributed by atoms with van der Waals surface area (Å²) in [6.07, 6.45) is 0. The topological polar surface area (TPSA) is 73.0 Å². The van der Waals surface area contributed by atoms with Crippen molar-refractivity contribution in [2.45, 2.75) is 27.3 Å². The fourth-order valence-corrected chi connectivity index (χ4v) is 2.63. The molecule has 0 fully saturated rings. The minimum atomic E-state index is -0.446. The van der Waals surface area contributed by atoms with Gasteiger partial charge in [0.2, 0.25) is 0 Å². The number of nitro benzene ring substituents is 1. The van der Waals surface area contributed by atoms with E-state index in [2.05, 4.69) is 10.4 Å². The molecule has 1 aromatic carbocycles. The van der Waals surface area contributed by atoms with Gasteiger partial charge in [-0.1, -0.05) is 11.6 Å². The van der Waals surface area contributed by atoms with E-state index in [9.17, 15) is 10.1 Å². The maximum absolute atomic E-state index is 10.8. The first kappa shape index (κ1) is 15.3. The second-order valence-corrected chi connectivity index (χ2v) is 5.41. The SMILES string of the molecule is Cc1cc([N+](=O)[O-])cc(Cl)c1NCc1c(C)nn(C)c1C. The van der Waals surface area contributed by atoms with Crippen LogP contribution < -0.4 is 5.32 Å². The number of non-ortho nitro benzene ring substituents is 1. The third-order valence-corrected chi connectivity index (χ3v) is 3.88. The molecule has 7 heteroatoms. The van der Waals surface area contributed by atoms with Crippen LogP contribution in [-0.2, 0) is 13.6 Å². The number of hydrogen-bond donors (Lipinski definition) is 1. The Morgan fingerprint density at radius 1 is 1.38 bits per heavy atom. The van der Waals surface area contributed by atoms with Gasteiger partial charge in [-0.05, 0) is 26.3 Å². The van der Waals surface area contributed by atoms with E-state index in [1.165, 1.54) is 12.1 Å². The normalized spacial score (nSPS) is 10.7. The Hall–Kier alpha value is -2.08. The van der Waals surface area contributed by atoms with Gasteiger partial charge in [0, 0.05) is 37.0 Å². The first-order valence-electron chi connectivity index (χ1n) is 6.48. The van der Waals surface area contributed by atoms with Crippen molar-refractivity contribution < 1.29 is 4.92 Å². The van der Waals surface area contributed by atoms with Crippen molar-refractivity contribution in [2.24, 2.45) is 7.05 Å². The molecule has 0 atom stereocenters. The number of hydrogen-bond acceptors (Lipinski definition) is 4. The van der Waals surface area contributed by atoms with Crippen LogP contribution in [0.1, 0.15) is 22.5 Å². The molecule has 0 saturated heterocycles. The number of rotatable bonds is 4. The number of aromatic nitrogens is 2. The van der Waals surface area contributed by atoms with Crippen molar-refractivity contribution >= 4 is 23.0 Å². The summed E-state index contributed by atoms with van der Waals surface area (Å²) < 4.78 is 1.83. The minimum absolute atomic E-state index is 0.00297. The summed E-state index contributed by atoms with van der Waals surface area (Å²) in [5.41, 5.74) is 4.59. The lowest BCUT2D eigenvalue weighted by Crippen LogP contribution is -2.04. The van der Waals surface area contributed by atoms with Crippen molar-refractivity contribution in [3.63, 3.8) is 0 Å². The molecule has 0 saturated carbocycles. The molecule has 1 heterocycles. The lowest BCUT2D eigenvalue weighted by Gasteiger charge is -2.12. The van der Waals surface area contributed by atoms with Gasteiger partial charge in [-0.15, -0.1) is 0 Å². The average molecular weight is 309 g/mol. The Labute approximate surface area is 127 Å². The van der Waals surface area contributed by atoms with Crippen molar-refractivity contribution in [2.75, 3.05) is 5.32 Å². The number of benzene rings is 1. The molecule has 112 valence electrons. The molecule has 0 amide bonds. The van der Waals surface area contributed by atoms with Crippen LogP contribution in [0, 0.1) is 30.9 Å². The highest BCUT2D eigenvalue weighted by molar-refractivity contribution is 6.33. The fraction of sp³-hybridized carbons (Fsp3) is 0.357. The zero-order valence-electron chi connectivity index (χ0n) is 12.4. The molecule has 21 heavy (non-hydrogen) atoms. The number of halogens is 1. The van der Waals surface area contributed by atoms with Crippen LogP contribution in [0.4, 0.5) is 11.4 Å². The first-order chi connectivity index (χ1) is 9.81. The Morgan fingerprint density at radius 3 is 2.52 bits per heavy atom. The number of nitro groups is 1. The van der Waals surface area contributed by atoms with E-state index in [-0.39, 0.29) is 5.69 Å². The smallest absolute Gasteiger partial charge is 0.271 e.